The number of anilines is 1. The molecule has 1 aliphatic heterocycles. The number of thioether (sulfide) groups is 1. The zero-order valence-corrected chi connectivity index (χ0v) is 11.9. The molecular formula is C14H20N2OS. The van der Waals surface area contributed by atoms with Gasteiger partial charge in [0.05, 0.1) is 10.4 Å². The van der Waals surface area contributed by atoms with Gasteiger partial charge >= 0.3 is 0 Å². The Morgan fingerprint density at radius 2 is 2.17 bits per heavy atom. The van der Waals surface area contributed by atoms with E-state index in [0.717, 1.165) is 17.0 Å². The van der Waals surface area contributed by atoms with E-state index in [0.29, 0.717) is 12.5 Å². The first-order chi connectivity index (χ1) is 8.44. The number of hydrogen-bond donors (Lipinski definition) is 2. The molecule has 0 saturated carbocycles. The van der Waals surface area contributed by atoms with Crippen LogP contribution in [0.1, 0.15) is 38.7 Å². The first-order valence-corrected chi connectivity index (χ1v) is 7.10. The van der Waals surface area contributed by atoms with E-state index in [4.69, 9.17) is 5.73 Å². The minimum absolute atomic E-state index is 0.0720. The maximum Gasteiger partial charge on any atom is 0.240 e. The van der Waals surface area contributed by atoms with Gasteiger partial charge in [0.1, 0.15) is 0 Å². The van der Waals surface area contributed by atoms with Crippen LogP contribution in [-0.4, -0.2) is 17.2 Å². The molecule has 1 atom stereocenters. The average molecular weight is 264 g/mol. The zero-order valence-electron chi connectivity index (χ0n) is 11.1. The fraction of sp³-hybridized carbons (Fsp3) is 0.500. The summed E-state index contributed by atoms with van der Waals surface area (Å²) in [7, 11) is 0. The highest BCUT2D eigenvalue weighted by atomic mass is 32.2. The van der Waals surface area contributed by atoms with Crippen molar-refractivity contribution in [3.05, 3.63) is 23.8 Å². The molecule has 1 aromatic carbocycles. The average Bonchev–Trinajstić information content (AvgIpc) is 2.30. The summed E-state index contributed by atoms with van der Waals surface area (Å²) in [6, 6.07) is 6.26. The Hall–Kier alpha value is -1.00. The summed E-state index contributed by atoms with van der Waals surface area (Å²) in [5.41, 5.74) is 7.82. The number of amides is 1. The summed E-state index contributed by atoms with van der Waals surface area (Å²) in [6.07, 6.45) is 0.985. The number of rotatable bonds is 3. The van der Waals surface area contributed by atoms with E-state index >= 15 is 0 Å². The van der Waals surface area contributed by atoms with Crippen LogP contribution in [0.3, 0.4) is 0 Å². The quantitative estimate of drug-likeness (QED) is 0.882. The van der Waals surface area contributed by atoms with Crippen LogP contribution in [0.25, 0.3) is 0 Å². The number of fused-ring (bicyclic) bond motifs is 1. The predicted molar refractivity (Wildman–Crippen MR) is 77.1 cm³/mol. The summed E-state index contributed by atoms with van der Waals surface area (Å²) in [6.45, 7) is 6.79. The highest BCUT2D eigenvalue weighted by Gasteiger charge is 2.34. The minimum Gasteiger partial charge on any atom is -0.330 e. The molecule has 0 aromatic heterocycles. The Balaban J connectivity index is 2.30. The maximum atomic E-state index is 11.9. The van der Waals surface area contributed by atoms with Gasteiger partial charge in [-0.05, 0) is 50.4 Å². The monoisotopic (exact) mass is 264 g/mol. The van der Waals surface area contributed by atoms with Crippen molar-refractivity contribution in [2.24, 2.45) is 5.73 Å². The van der Waals surface area contributed by atoms with E-state index in [1.807, 2.05) is 19.9 Å². The second-order valence-electron chi connectivity index (χ2n) is 5.30. The highest BCUT2D eigenvalue weighted by molar-refractivity contribution is 8.01. The van der Waals surface area contributed by atoms with Crippen molar-refractivity contribution in [3.8, 4) is 0 Å². The second-order valence-corrected chi connectivity index (χ2v) is 6.97. The van der Waals surface area contributed by atoms with Crippen molar-refractivity contribution in [2.75, 3.05) is 11.9 Å². The molecule has 98 valence electrons. The van der Waals surface area contributed by atoms with Gasteiger partial charge in [0.2, 0.25) is 5.91 Å². The molecule has 1 unspecified atom stereocenters. The molecule has 1 aromatic rings. The van der Waals surface area contributed by atoms with E-state index in [1.165, 1.54) is 5.56 Å². The Labute approximate surface area is 113 Å². The lowest BCUT2D eigenvalue weighted by Gasteiger charge is -2.30. The second kappa shape index (κ2) is 4.94. The molecule has 1 amide bonds. The van der Waals surface area contributed by atoms with Gasteiger partial charge < -0.3 is 11.1 Å². The van der Waals surface area contributed by atoms with Crippen LogP contribution in [0, 0.1) is 0 Å². The van der Waals surface area contributed by atoms with Crippen LogP contribution in [0.15, 0.2) is 23.1 Å². The summed E-state index contributed by atoms with van der Waals surface area (Å²) in [5.74, 6) is 0.532. The number of benzene rings is 1. The molecule has 4 heteroatoms. The van der Waals surface area contributed by atoms with Crippen molar-refractivity contribution in [1.82, 2.24) is 0 Å². The third-order valence-electron chi connectivity index (χ3n) is 3.33. The van der Waals surface area contributed by atoms with Crippen LogP contribution in [0.4, 0.5) is 5.69 Å². The topological polar surface area (TPSA) is 55.1 Å². The highest BCUT2D eigenvalue weighted by Crippen LogP contribution is 2.43. The Kier molecular flexibility index (Phi) is 3.69. The van der Waals surface area contributed by atoms with Crippen molar-refractivity contribution < 1.29 is 4.79 Å². The van der Waals surface area contributed by atoms with E-state index in [1.54, 1.807) is 11.8 Å². The molecule has 18 heavy (non-hydrogen) atoms. The van der Waals surface area contributed by atoms with E-state index in [9.17, 15) is 4.79 Å². The third-order valence-corrected chi connectivity index (χ3v) is 4.59. The Morgan fingerprint density at radius 3 is 2.83 bits per heavy atom. The van der Waals surface area contributed by atoms with Gasteiger partial charge in [0.25, 0.3) is 0 Å². The number of carbonyl (C=O) groups excluding carboxylic acids is 1. The Bertz CT molecular complexity index is 471. The summed E-state index contributed by atoms with van der Waals surface area (Å²) < 4.78 is -0.400. The summed E-state index contributed by atoms with van der Waals surface area (Å²) in [4.78, 5) is 13.0. The van der Waals surface area contributed by atoms with Crippen LogP contribution in [0.5, 0.6) is 0 Å². The van der Waals surface area contributed by atoms with Crippen molar-refractivity contribution in [1.29, 1.82) is 0 Å². The fourth-order valence-corrected chi connectivity index (χ4v) is 3.16. The van der Waals surface area contributed by atoms with Crippen LogP contribution >= 0.6 is 11.8 Å². The Morgan fingerprint density at radius 1 is 1.44 bits per heavy atom. The molecule has 0 fully saturated rings. The molecule has 0 radical (unpaired) electrons. The third kappa shape index (κ3) is 2.54. The number of carbonyl (C=O) groups is 1. The number of nitrogens with two attached hydrogens (primary N) is 1. The van der Waals surface area contributed by atoms with Crippen LogP contribution < -0.4 is 11.1 Å². The van der Waals surface area contributed by atoms with E-state index in [2.05, 4.69) is 24.4 Å². The van der Waals surface area contributed by atoms with E-state index < -0.39 is 4.75 Å². The van der Waals surface area contributed by atoms with Crippen molar-refractivity contribution in [3.63, 3.8) is 0 Å². The summed E-state index contributed by atoms with van der Waals surface area (Å²) in [5, 5.41) is 2.96. The summed E-state index contributed by atoms with van der Waals surface area (Å²) >= 11 is 1.63. The van der Waals surface area contributed by atoms with Gasteiger partial charge in [-0.1, -0.05) is 13.0 Å². The molecule has 1 heterocycles. The largest absolute Gasteiger partial charge is 0.330 e. The smallest absolute Gasteiger partial charge is 0.240 e. The lowest BCUT2D eigenvalue weighted by Crippen LogP contribution is -2.37. The fourth-order valence-electron chi connectivity index (χ4n) is 2.04. The SMILES string of the molecule is CC(CCN)c1ccc2c(c1)SC(C)(C)C(=O)N2. The van der Waals surface area contributed by atoms with Gasteiger partial charge in [0, 0.05) is 4.90 Å². The molecule has 0 bridgehead atoms. The molecule has 2 rings (SSSR count). The van der Waals surface area contributed by atoms with Crippen molar-refractivity contribution in [2.45, 2.75) is 42.8 Å². The molecule has 1 aliphatic rings. The first-order valence-electron chi connectivity index (χ1n) is 6.28. The lowest BCUT2D eigenvalue weighted by atomic mass is 9.97. The standard InChI is InChI=1S/C14H20N2OS/c1-9(6-7-15)10-4-5-11-12(8-10)18-14(2,3)13(17)16-11/h4-5,8-9H,6-7,15H2,1-3H3,(H,16,17). The normalized spacial score (nSPS) is 19.0. The van der Waals surface area contributed by atoms with Gasteiger partial charge in [-0.2, -0.15) is 0 Å². The zero-order chi connectivity index (χ0) is 13.3. The first kappa shape index (κ1) is 13.4. The number of hydrogen-bond acceptors (Lipinski definition) is 3. The lowest BCUT2D eigenvalue weighted by molar-refractivity contribution is -0.117. The molecule has 0 spiro atoms. The van der Waals surface area contributed by atoms with Gasteiger partial charge in [-0.15, -0.1) is 11.8 Å². The number of nitrogens with one attached hydrogen (secondary N) is 1. The van der Waals surface area contributed by atoms with Crippen LogP contribution in [0.2, 0.25) is 0 Å². The minimum atomic E-state index is -0.400. The van der Waals surface area contributed by atoms with Crippen LogP contribution in [-0.2, 0) is 4.79 Å². The van der Waals surface area contributed by atoms with Gasteiger partial charge in [-0.3, -0.25) is 4.79 Å². The predicted octanol–water partition coefficient (Wildman–Crippen LogP) is 2.96. The molecule has 3 N–H and O–H groups in total. The van der Waals surface area contributed by atoms with Gasteiger partial charge in [-0.25, -0.2) is 0 Å². The molecule has 0 saturated heterocycles. The molecule has 3 nitrogen and oxygen atoms in total. The molecule has 0 aliphatic carbocycles. The van der Waals surface area contributed by atoms with Crippen molar-refractivity contribution >= 4 is 23.4 Å². The molecular weight excluding hydrogens is 244 g/mol. The van der Waals surface area contributed by atoms with Gasteiger partial charge in [0.15, 0.2) is 0 Å². The maximum absolute atomic E-state index is 11.9. The van der Waals surface area contributed by atoms with E-state index in [-0.39, 0.29) is 5.91 Å².